The van der Waals surface area contributed by atoms with Gasteiger partial charge in [0.25, 0.3) is 0 Å². The molecule has 1 saturated heterocycles. The molecule has 112 valence electrons. The van der Waals surface area contributed by atoms with Gasteiger partial charge in [0.2, 0.25) is 0 Å². The van der Waals surface area contributed by atoms with E-state index < -0.39 is 0 Å². The van der Waals surface area contributed by atoms with Crippen LogP contribution < -0.4 is 0 Å². The highest BCUT2D eigenvalue weighted by Gasteiger charge is 2.27. The normalized spacial score (nSPS) is 19.0. The second kappa shape index (κ2) is 5.75. The summed E-state index contributed by atoms with van der Waals surface area (Å²) >= 11 is 1.84. The van der Waals surface area contributed by atoms with Crippen molar-refractivity contribution >= 4 is 22.1 Å². The average molecular weight is 309 g/mol. The molecule has 1 atom stereocenters. The number of rotatable bonds is 3. The van der Waals surface area contributed by atoms with E-state index in [1.54, 1.807) is 0 Å². The summed E-state index contributed by atoms with van der Waals surface area (Å²) in [5.74, 6) is 0.413. The first kappa shape index (κ1) is 13.8. The van der Waals surface area contributed by atoms with Crippen LogP contribution in [0.2, 0.25) is 0 Å². The Labute approximate surface area is 134 Å². The second-order valence-electron chi connectivity index (χ2n) is 5.93. The molecule has 2 nitrogen and oxygen atoms in total. The maximum atomic E-state index is 10.4. The van der Waals surface area contributed by atoms with Gasteiger partial charge in [-0.05, 0) is 47.7 Å². The van der Waals surface area contributed by atoms with E-state index in [-0.39, 0.29) is 0 Å². The van der Waals surface area contributed by atoms with Crippen LogP contribution >= 0.6 is 11.3 Å². The third-order valence-electron chi connectivity index (χ3n) is 4.61. The molecule has 0 unspecified atom stereocenters. The van der Waals surface area contributed by atoms with Crippen LogP contribution in [0.1, 0.15) is 29.3 Å². The number of nitrogens with zero attached hydrogens (tertiary/aromatic N) is 1. The molecular formula is C19H19NOS. The number of phenols is 1. The molecule has 0 saturated carbocycles. The standard InChI is InChI=1S/C19H19NOS/c21-18-10-9-14-5-1-2-6-15(14)16(18)13-20-11-3-7-17(20)19-8-4-12-22-19/h1-2,4-6,8-10,12,17,21H,3,7,11,13H2/t17-/m0/s1. The molecule has 1 aliphatic rings. The van der Waals surface area contributed by atoms with Crippen LogP contribution in [0.15, 0.2) is 53.9 Å². The predicted octanol–water partition coefficient (Wildman–Crippen LogP) is 4.94. The molecule has 3 heteroatoms. The van der Waals surface area contributed by atoms with Crippen molar-refractivity contribution in [2.75, 3.05) is 6.54 Å². The number of benzene rings is 2. The predicted molar refractivity (Wildman–Crippen MR) is 92.3 cm³/mol. The van der Waals surface area contributed by atoms with E-state index in [2.05, 4.69) is 34.5 Å². The van der Waals surface area contributed by atoms with Crippen molar-refractivity contribution in [3.05, 3.63) is 64.4 Å². The number of thiophene rings is 1. The summed E-state index contributed by atoms with van der Waals surface area (Å²) in [6.07, 6.45) is 2.44. The molecule has 1 fully saturated rings. The molecule has 22 heavy (non-hydrogen) atoms. The molecule has 0 aliphatic carbocycles. The van der Waals surface area contributed by atoms with Crippen molar-refractivity contribution in [2.24, 2.45) is 0 Å². The molecule has 1 aromatic heterocycles. The third-order valence-corrected chi connectivity index (χ3v) is 5.59. The molecule has 2 aromatic carbocycles. The molecule has 0 radical (unpaired) electrons. The number of hydrogen-bond acceptors (Lipinski definition) is 3. The van der Waals surface area contributed by atoms with Crippen molar-refractivity contribution in [1.82, 2.24) is 4.90 Å². The van der Waals surface area contributed by atoms with Crippen molar-refractivity contribution in [3.8, 4) is 5.75 Å². The monoisotopic (exact) mass is 309 g/mol. The van der Waals surface area contributed by atoms with Crippen LogP contribution in [0.3, 0.4) is 0 Å². The largest absolute Gasteiger partial charge is 0.508 e. The Hall–Kier alpha value is -1.84. The molecule has 4 rings (SSSR count). The van der Waals surface area contributed by atoms with E-state index in [0.717, 1.165) is 18.7 Å². The minimum absolute atomic E-state index is 0.413. The summed E-state index contributed by atoms with van der Waals surface area (Å²) in [4.78, 5) is 3.95. The summed E-state index contributed by atoms with van der Waals surface area (Å²) in [6.45, 7) is 1.92. The van der Waals surface area contributed by atoms with Crippen LogP contribution in [-0.4, -0.2) is 16.6 Å². The Morgan fingerprint density at radius 1 is 1.09 bits per heavy atom. The molecule has 0 spiro atoms. The second-order valence-corrected chi connectivity index (χ2v) is 6.91. The smallest absolute Gasteiger partial charge is 0.120 e. The topological polar surface area (TPSA) is 23.5 Å². The first-order valence-electron chi connectivity index (χ1n) is 7.80. The fourth-order valence-corrected chi connectivity index (χ4v) is 4.41. The molecule has 0 amide bonds. The Kier molecular flexibility index (Phi) is 3.60. The zero-order chi connectivity index (χ0) is 14.9. The van der Waals surface area contributed by atoms with Gasteiger partial charge >= 0.3 is 0 Å². The van der Waals surface area contributed by atoms with Gasteiger partial charge < -0.3 is 5.11 Å². The molecule has 2 heterocycles. The van der Waals surface area contributed by atoms with Crippen LogP contribution in [0.25, 0.3) is 10.8 Å². The van der Waals surface area contributed by atoms with E-state index in [1.165, 1.54) is 28.5 Å². The Morgan fingerprint density at radius 3 is 2.86 bits per heavy atom. The Balaban J connectivity index is 1.70. The molecular weight excluding hydrogens is 290 g/mol. The van der Waals surface area contributed by atoms with Crippen molar-refractivity contribution in [3.63, 3.8) is 0 Å². The van der Waals surface area contributed by atoms with Gasteiger partial charge in [0.05, 0.1) is 0 Å². The van der Waals surface area contributed by atoms with Gasteiger partial charge in [-0.1, -0.05) is 36.4 Å². The van der Waals surface area contributed by atoms with Gasteiger partial charge in [0.1, 0.15) is 5.75 Å². The van der Waals surface area contributed by atoms with Gasteiger partial charge in [-0.25, -0.2) is 0 Å². The minimum atomic E-state index is 0.413. The van der Waals surface area contributed by atoms with Gasteiger partial charge in [0, 0.05) is 23.0 Å². The molecule has 0 bridgehead atoms. The molecule has 1 N–H and O–H groups in total. The highest BCUT2D eigenvalue weighted by molar-refractivity contribution is 7.10. The van der Waals surface area contributed by atoms with E-state index in [1.807, 2.05) is 35.6 Å². The maximum absolute atomic E-state index is 10.4. The lowest BCUT2D eigenvalue weighted by molar-refractivity contribution is 0.249. The van der Waals surface area contributed by atoms with Crippen molar-refractivity contribution in [2.45, 2.75) is 25.4 Å². The fraction of sp³-hybridized carbons (Fsp3) is 0.263. The highest BCUT2D eigenvalue weighted by Crippen LogP contribution is 2.37. The SMILES string of the molecule is Oc1ccc2ccccc2c1CN1CCC[C@H]1c1cccs1. The fourth-order valence-electron chi connectivity index (χ4n) is 3.51. The van der Waals surface area contributed by atoms with Crippen LogP contribution in [-0.2, 0) is 6.54 Å². The number of hydrogen-bond donors (Lipinski definition) is 1. The summed E-state index contributed by atoms with van der Waals surface area (Å²) in [5.41, 5.74) is 1.06. The van der Waals surface area contributed by atoms with E-state index in [4.69, 9.17) is 0 Å². The zero-order valence-corrected chi connectivity index (χ0v) is 13.2. The first-order valence-corrected chi connectivity index (χ1v) is 8.68. The van der Waals surface area contributed by atoms with Crippen LogP contribution in [0.5, 0.6) is 5.75 Å². The molecule has 3 aromatic rings. The Bertz CT molecular complexity index is 781. The summed E-state index contributed by atoms with van der Waals surface area (Å²) in [7, 11) is 0. The number of likely N-dealkylation sites (tertiary alicyclic amines) is 1. The van der Waals surface area contributed by atoms with E-state index in [0.29, 0.717) is 11.8 Å². The van der Waals surface area contributed by atoms with E-state index in [9.17, 15) is 5.11 Å². The lowest BCUT2D eigenvalue weighted by atomic mass is 10.0. The van der Waals surface area contributed by atoms with Gasteiger partial charge in [-0.15, -0.1) is 11.3 Å². The summed E-state index contributed by atoms with van der Waals surface area (Å²) < 4.78 is 0. The van der Waals surface area contributed by atoms with Gasteiger partial charge in [0.15, 0.2) is 0 Å². The average Bonchev–Trinajstić information content (AvgIpc) is 3.21. The van der Waals surface area contributed by atoms with Crippen molar-refractivity contribution in [1.29, 1.82) is 0 Å². The minimum Gasteiger partial charge on any atom is -0.508 e. The van der Waals surface area contributed by atoms with E-state index >= 15 is 0 Å². The quantitative estimate of drug-likeness (QED) is 0.740. The Morgan fingerprint density at radius 2 is 2.00 bits per heavy atom. The lowest BCUT2D eigenvalue weighted by Crippen LogP contribution is -2.22. The maximum Gasteiger partial charge on any atom is 0.120 e. The number of aromatic hydroxyl groups is 1. The summed E-state index contributed by atoms with van der Waals surface area (Å²) in [5, 5.41) is 14.9. The van der Waals surface area contributed by atoms with Crippen LogP contribution in [0, 0.1) is 0 Å². The first-order chi connectivity index (χ1) is 10.8. The summed E-state index contributed by atoms with van der Waals surface area (Å²) in [6, 6.07) is 17.0. The molecule has 1 aliphatic heterocycles. The van der Waals surface area contributed by atoms with Crippen molar-refractivity contribution < 1.29 is 5.11 Å². The van der Waals surface area contributed by atoms with Gasteiger partial charge in [-0.3, -0.25) is 4.90 Å². The van der Waals surface area contributed by atoms with Gasteiger partial charge in [-0.2, -0.15) is 0 Å². The number of phenolic OH excluding ortho intramolecular Hbond substituents is 1. The number of fused-ring (bicyclic) bond motifs is 1. The highest BCUT2D eigenvalue weighted by atomic mass is 32.1. The van der Waals surface area contributed by atoms with Crippen LogP contribution in [0.4, 0.5) is 0 Å². The zero-order valence-electron chi connectivity index (χ0n) is 12.4. The lowest BCUT2D eigenvalue weighted by Gasteiger charge is -2.24. The third kappa shape index (κ3) is 2.40.